The van der Waals surface area contributed by atoms with E-state index in [2.05, 4.69) is 10.6 Å². The first kappa shape index (κ1) is 15.8. The molecule has 2 N–H and O–H groups in total. The van der Waals surface area contributed by atoms with E-state index in [9.17, 15) is 9.59 Å². The Morgan fingerprint density at radius 3 is 2.37 bits per heavy atom. The van der Waals surface area contributed by atoms with Gasteiger partial charge in [-0.2, -0.15) is 0 Å². The van der Waals surface area contributed by atoms with E-state index in [1.807, 2.05) is 13.8 Å². The molecule has 0 unspecified atom stereocenters. The Morgan fingerprint density at radius 1 is 1.42 bits per heavy atom. The van der Waals surface area contributed by atoms with Crippen LogP contribution >= 0.6 is 24.0 Å². The van der Waals surface area contributed by atoms with Crippen molar-refractivity contribution in [3.63, 3.8) is 0 Å². The Kier molecular flexibility index (Phi) is 4.86. The molecule has 1 atom stereocenters. The van der Waals surface area contributed by atoms with Gasteiger partial charge < -0.3 is 20.4 Å². The number of thiocarbonyl (C=S) groups is 1. The third-order valence-corrected chi connectivity index (χ3v) is 4.39. The second-order valence-corrected chi connectivity index (χ2v) is 6.75. The van der Waals surface area contributed by atoms with E-state index < -0.39 is 23.0 Å². The van der Waals surface area contributed by atoms with Crippen LogP contribution in [0.5, 0.6) is 0 Å². The molecule has 1 saturated heterocycles. The third kappa shape index (κ3) is 3.21. The summed E-state index contributed by atoms with van der Waals surface area (Å²) in [5.41, 5.74) is 0. The van der Waals surface area contributed by atoms with Crippen LogP contribution in [0, 0.1) is 0 Å². The molecule has 3 amide bonds. The number of carbonyl (C=O) groups excluding carboxylic acids is 2. The predicted molar refractivity (Wildman–Crippen MR) is 77.7 cm³/mol. The fourth-order valence-corrected chi connectivity index (χ4v) is 3.60. The molecule has 0 radical (unpaired) electrons. The summed E-state index contributed by atoms with van der Waals surface area (Å²) < 4.78 is 0.247. The maximum absolute atomic E-state index is 11.9. The van der Waals surface area contributed by atoms with Crippen molar-refractivity contribution < 1.29 is 14.4 Å². The number of rotatable bonds is 1. The molecule has 1 aliphatic heterocycles. The van der Waals surface area contributed by atoms with Crippen molar-refractivity contribution in [3.8, 4) is 0 Å². The largest absolute Gasteiger partial charge is 0.431 e. The van der Waals surface area contributed by atoms with Crippen molar-refractivity contribution in [2.24, 2.45) is 0 Å². The monoisotopic (exact) mass is 306 g/mol. The lowest BCUT2D eigenvalue weighted by Gasteiger charge is -2.36. The molecule has 9 heteroatoms. The predicted octanol–water partition coefficient (Wildman–Crippen LogP) is 0.967. The van der Waals surface area contributed by atoms with Crippen LogP contribution in [0.4, 0.5) is 9.59 Å². The minimum atomic E-state index is -0.712. The van der Waals surface area contributed by atoms with Crippen molar-refractivity contribution in [1.29, 1.82) is 0 Å². The van der Waals surface area contributed by atoms with Gasteiger partial charge in [0, 0.05) is 21.1 Å². The van der Waals surface area contributed by atoms with Crippen molar-refractivity contribution in [2.75, 3.05) is 21.1 Å². The van der Waals surface area contributed by atoms with Crippen LogP contribution in [0.1, 0.15) is 13.8 Å². The summed E-state index contributed by atoms with van der Waals surface area (Å²) in [6.45, 7) is 3.86. The summed E-state index contributed by atoms with van der Waals surface area (Å²) in [6.07, 6.45) is -1.20. The Hall–Kier alpha value is -1.22. The van der Waals surface area contributed by atoms with Gasteiger partial charge in [0.05, 0.1) is 4.75 Å². The van der Waals surface area contributed by atoms with Crippen molar-refractivity contribution in [2.45, 2.75) is 24.8 Å². The van der Waals surface area contributed by atoms with Gasteiger partial charge in [0.1, 0.15) is 4.32 Å². The molecule has 19 heavy (non-hydrogen) atoms. The van der Waals surface area contributed by atoms with E-state index in [1.165, 1.54) is 25.9 Å². The number of carbonyl (C=O) groups is 2. The normalized spacial score (nSPS) is 21.0. The first-order valence-corrected chi connectivity index (χ1v) is 6.83. The van der Waals surface area contributed by atoms with E-state index >= 15 is 0 Å². The molecule has 1 aliphatic rings. The molecule has 0 aromatic rings. The Morgan fingerprint density at radius 2 is 2.00 bits per heavy atom. The van der Waals surface area contributed by atoms with Crippen molar-refractivity contribution >= 4 is 40.4 Å². The molecule has 1 heterocycles. The molecule has 0 saturated carbocycles. The molecule has 108 valence electrons. The Labute approximate surface area is 122 Å². The van der Waals surface area contributed by atoms with E-state index in [0.29, 0.717) is 4.32 Å². The van der Waals surface area contributed by atoms with Gasteiger partial charge in [-0.3, -0.25) is 0 Å². The second kappa shape index (κ2) is 5.83. The summed E-state index contributed by atoms with van der Waals surface area (Å²) in [5.74, 6) is 0. The Bertz CT molecular complexity index is 402. The maximum atomic E-state index is 11.9. The lowest BCUT2D eigenvalue weighted by atomic mass is 10.1. The smallest absolute Gasteiger partial charge is 0.339 e. The average molecular weight is 306 g/mol. The SMILES string of the molecule is CNC(=O)ON(C(=O)NC)[C@@H]1N(C)C(=S)SC1(C)C. The minimum Gasteiger partial charge on any atom is -0.339 e. The second-order valence-electron chi connectivity index (χ2n) is 4.47. The zero-order valence-electron chi connectivity index (χ0n) is 11.5. The fraction of sp³-hybridized carbons (Fsp3) is 0.700. The summed E-state index contributed by atoms with van der Waals surface area (Å²) in [6, 6.07) is -0.515. The summed E-state index contributed by atoms with van der Waals surface area (Å²) >= 11 is 6.68. The quantitative estimate of drug-likeness (QED) is 0.555. The highest BCUT2D eigenvalue weighted by atomic mass is 32.2. The lowest BCUT2D eigenvalue weighted by molar-refractivity contribution is -0.119. The van der Waals surface area contributed by atoms with E-state index in [1.54, 1.807) is 11.9 Å². The number of amides is 3. The number of hydroxylamine groups is 2. The zero-order chi connectivity index (χ0) is 14.8. The van der Waals surface area contributed by atoms with Crippen LogP contribution in [0.25, 0.3) is 0 Å². The van der Waals surface area contributed by atoms with Crippen LogP contribution < -0.4 is 10.6 Å². The summed E-state index contributed by atoms with van der Waals surface area (Å²) in [7, 11) is 4.65. The van der Waals surface area contributed by atoms with Gasteiger partial charge in [0.15, 0.2) is 6.17 Å². The van der Waals surface area contributed by atoms with Gasteiger partial charge in [-0.05, 0) is 13.8 Å². The highest BCUT2D eigenvalue weighted by Gasteiger charge is 2.49. The van der Waals surface area contributed by atoms with Crippen LogP contribution in [-0.4, -0.2) is 58.5 Å². The standard InChI is InChI=1S/C10H18N4O3S2/c1-10(2)6(13(5)9(18)19-10)14(7(15)11-3)17-8(16)12-4/h6H,1-5H3,(H,11,15)(H,12,16)/t6-/m0/s1. The van der Waals surface area contributed by atoms with Crippen LogP contribution in [-0.2, 0) is 4.84 Å². The molecule has 0 bridgehead atoms. The maximum Gasteiger partial charge on any atom is 0.431 e. The Balaban J connectivity index is 3.05. The number of hydrogen-bond acceptors (Lipinski definition) is 5. The number of hydrogen-bond donors (Lipinski definition) is 2. The summed E-state index contributed by atoms with van der Waals surface area (Å²) in [4.78, 5) is 30.1. The molecular formula is C10H18N4O3S2. The van der Waals surface area contributed by atoms with Crippen molar-refractivity contribution in [1.82, 2.24) is 20.6 Å². The highest BCUT2D eigenvalue weighted by molar-refractivity contribution is 8.24. The molecule has 0 aromatic heterocycles. The van der Waals surface area contributed by atoms with Gasteiger partial charge >= 0.3 is 12.1 Å². The minimum absolute atomic E-state index is 0.396. The van der Waals surface area contributed by atoms with Gasteiger partial charge in [-0.15, -0.1) is 5.06 Å². The molecule has 1 fully saturated rings. The molecular weight excluding hydrogens is 288 g/mol. The number of nitrogens with one attached hydrogen (secondary N) is 2. The van der Waals surface area contributed by atoms with Gasteiger partial charge in [-0.1, -0.05) is 24.0 Å². The molecule has 0 aromatic carbocycles. The fourth-order valence-electron chi connectivity index (χ4n) is 1.80. The molecule has 1 rings (SSSR count). The van der Waals surface area contributed by atoms with E-state index in [4.69, 9.17) is 17.1 Å². The van der Waals surface area contributed by atoms with Crippen molar-refractivity contribution in [3.05, 3.63) is 0 Å². The number of thioether (sulfide) groups is 1. The van der Waals surface area contributed by atoms with Crippen LogP contribution in [0.2, 0.25) is 0 Å². The molecule has 0 aliphatic carbocycles. The van der Waals surface area contributed by atoms with Crippen LogP contribution in [0.15, 0.2) is 0 Å². The van der Waals surface area contributed by atoms with Gasteiger partial charge in [0.25, 0.3) is 0 Å². The van der Waals surface area contributed by atoms with Crippen LogP contribution in [0.3, 0.4) is 0 Å². The number of nitrogens with zero attached hydrogens (tertiary/aromatic N) is 2. The average Bonchev–Trinajstić information content (AvgIpc) is 2.54. The van der Waals surface area contributed by atoms with Gasteiger partial charge in [-0.25, -0.2) is 9.59 Å². The third-order valence-electron chi connectivity index (χ3n) is 2.65. The first-order chi connectivity index (χ1) is 8.74. The highest BCUT2D eigenvalue weighted by Crippen LogP contribution is 2.41. The van der Waals surface area contributed by atoms with E-state index in [0.717, 1.165) is 5.06 Å². The first-order valence-electron chi connectivity index (χ1n) is 5.61. The lowest BCUT2D eigenvalue weighted by Crippen LogP contribution is -2.57. The summed E-state index contributed by atoms with van der Waals surface area (Å²) in [5, 5.41) is 5.76. The zero-order valence-corrected chi connectivity index (χ0v) is 13.1. The van der Waals surface area contributed by atoms with E-state index in [-0.39, 0.29) is 0 Å². The topological polar surface area (TPSA) is 73.9 Å². The molecule has 0 spiro atoms. The van der Waals surface area contributed by atoms with Gasteiger partial charge in [0.2, 0.25) is 0 Å². The molecule has 7 nitrogen and oxygen atoms in total. The number of urea groups is 1.